The lowest BCUT2D eigenvalue weighted by atomic mass is 9.94. The molecule has 0 bridgehead atoms. The van der Waals surface area contributed by atoms with Crippen LogP contribution in [0.15, 0.2) is 79.8 Å². The standard InChI is InChI=1S/C29H34N6O6/c1-2-15-33(29(36)41-21-23-8-10-27(11-9-23)34(37)38)26-13-17-31(18-14-26)16-12-25(24-6-4-3-5-7-24)19-32-20-28(30-22-32)35(39)40/h2-11,20,22,25-26H,1,12-19,21H2. The van der Waals surface area contributed by atoms with E-state index < -0.39 is 15.9 Å². The van der Waals surface area contributed by atoms with E-state index in [1.54, 1.807) is 27.7 Å². The van der Waals surface area contributed by atoms with E-state index in [1.165, 1.54) is 30.2 Å². The van der Waals surface area contributed by atoms with Crippen LogP contribution in [0.1, 0.15) is 36.3 Å². The zero-order valence-electron chi connectivity index (χ0n) is 22.8. The van der Waals surface area contributed by atoms with Crippen molar-refractivity contribution in [3.63, 3.8) is 0 Å². The molecular weight excluding hydrogens is 528 g/mol. The van der Waals surface area contributed by atoms with E-state index in [1.807, 2.05) is 18.2 Å². The summed E-state index contributed by atoms with van der Waals surface area (Å²) >= 11 is 0. The molecule has 12 heteroatoms. The molecule has 3 aromatic rings. The number of imidazole rings is 1. The largest absolute Gasteiger partial charge is 0.445 e. The molecule has 2 aromatic carbocycles. The number of rotatable bonds is 13. The van der Waals surface area contributed by atoms with Crippen LogP contribution in [0.3, 0.4) is 0 Å². The molecule has 1 saturated heterocycles. The van der Waals surface area contributed by atoms with Gasteiger partial charge in [0.15, 0.2) is 0 Å². The number of carbonyl (C=O) groups excluding carboxylic acids is 1. The van der Waals surface area contributed by atoms with Crippen molar-refractivity contribution in [3.05, 3.63) is 111 Å². The molecule has 1 aromatic heterocycles. The van der Waals surface area contributed by atoms with E-state index in [4.69, 9.17) is 4.74 Å². The number of non-ortho nitro benzene ring substituents is 1. The van der Waals surface area contributed by atoms with Gasteiger partial charge in [-0.3, -0.25) is 10.1 Å². The van der Waals surface area contributed by atoms with E-state index in [0.717, 1.165) is 38.9 Å². The first-order valence-electron chi connectivity index (χ1n) is 13.5. The maximum Gasteiger partial charge on any atom is 0.410 e. The van der Waals surface area contributed by atoms with Gasteiger partial charge in [0.1, 0.15) is 12.8 Å². The summed E-state index contributed by atoms with van der Waals surface area (Å²) in [7, 11) is 0. The van der Waals surface area contributed by atoms with Crippen molar-refractivity contribution in [2.24, 2.45) is 0 Å². The van der Waals surface area contributed by atoms with E-state index in [0.29, 0.717) is 18.7 Å². The second kappa shape index (κ2) is 14.2. The molecule has 41 heavy (non-hydrogen) atoms. The van der Waals surface area contributed by atoms with Crippen LogP contribution < -0.4 is 0 Å². The van der Waals surface area contributed by atoms with Crippen molar-refractivity contribution in [2.45, 2.75) is 44.4 Å². The molecule has 1 atom stereocenters. The zero-order valence-corrected chi connectivity index (χ0v) is 22.8. The first-order valence-corrected chi connectivity index (χ1v) is 13.5. The highest BCUT2D eigenvalue weighted by Gasteiger charge is 2.29. The lowest BCUT2D eigenvalue weighted by molar-refractivity contribution is -0.389. The minimum Gasteiger partial charge on any atom is -0.445 e. The molecular formula is C29H34N6O6. The average Bonchev–Trinajstić information content (AvgIpc) is 3.47. The van der Waals surface area contributed by atoms with E-state index in [-0.39, 0.29) is 30.1 Å². The molecule has 1 aliphatic rings. The highest BCUT2D eigenvalue weighted by molar-refractivity contribution is 5.68. The summed E-state index contributed by atoms with van der Waals surface area (Å²) in [4.78, 5) is 41.9. The molecule has 4 rings (SSSR count). The summed E-state index contributed by atoms with van der Waals surface area (Å²) in [6.07, 6.45) is 6.69. The van der Waals surface area contributed by atoms with Crippen LogP contribution in [0, 0.1) is 20.2 Å². The lowest BCUT2D eigenvalue weighted by Crippen LogP contribution is -2.47. The Morgan fingerprint density at radius 1 is 1.10 bits per heavy atom. The normalized spacial score (nSPS) is 14.7. The van der Waals surface area contributed by atoms with Gasteiger partial charge in [0.05, 0.1) is 4.92 Å². The fourth-order valence-electron chi connectivity index (χ4n) is 5.13. The van der Waals surface area contributed by atoms with Crippen LogP contribution in [0.2, 0.25) is 0 Å². The van der Waals surface area contributed by atoms with E-state index in [2.05, 4.69) is 28.6 Å². The maximum absolute atomic E-state index is 12.9. The van der Waals surface area contributed by atoms with Gasteiger partial charge in [0, 0.05) is 50.3 Å². The summed E-state index contributed by atoms with van der Waals surface area (Å²) in [5.41, 5.74) is 1.84. The van der Waals surface area contributed by atoms with Gasteiger partial charge in [0.2, 0.25) is 6.33 Å². The number of piperidine rings is 1. The number of hydrogen-bond donors (Lipinski definition) is 0. The van der Waals surface area contributed by atoms with Gasteiger partial charge in [-0.25, -0.2) is 4.79 Å². The lowest BCUT2D eigenvalue weighted by Gasteiger charge is -2.38. The molecule has 0 aliphatic carbocycles. The number of nitrogens with zero attached hydrogens (tertiary/aromatic N) is 6. The number of nitro groups is 2. The first kappa shape index (κ1) is 29.4. The van der Waals surface area contributed by atoms with Gasteiger partial charge in [-0.2, -0.15) is 0 Å². The molecule has 0 radical (unpaired) electrons. The fourth-order valence-corrected chi connectivity index (χ4v) is 5.13. The van der Waals surface area contributed by atoms with Crippen LogP contribution >= 0.6 is 0 Å². The smallest absolute Gasteiger partial charge is 0.410 e. The van der Waals surface area contributed by atoms with Crippen LogP contribution in [0.25, 0.3) is 0 Å². The maximum atomic E-state index is 12.9. The predicted molar refractivity (Wildman–Crippen MR) is 152 cm³/mol. The third kappa shape index (κ3) is 8.21. The Morgan fingerprint density at radius 2 is 1.80 bits per heavy atom. The van der Waals surface area contributed by atoms with Crippen LogP contribution in [-0.2, 0) is 17.9 Å². The summed E-state index contributed by atoms with van der Waals surface area (Å²) in [5.74, 6) is 0.00335. The van der Waals surface area contributed by atoms with Crippen LogP contribution in [-0.4, -0.2) is 67.5 Å². The molecule has 1 aliphatic heterocycles. The van der Waals surface area contributed by atoms with Crippen molar-refractivity contribution >= 4 is 17.6 Å². The van der Waals surface area contributed by atoms with Gasteiger partial charge in [-0.1, -0.05) is 36.4 Å². The molecule has 0 spiro atoms. The van der Waals surface area contributed by atoms with Crippen LogP contribution in [0.4, 0.5) is 16.3 Å². The second-order valence-electron chi connectivity index (χ2n) is 10.1. The number of amides is 1. The van der Waals surface area contributed by atoms with Gasteiger partial charge in [0.25, 0.3) is 5.69 Å². The third-order valence-corrected chi connectivity index (χ3v) is 7.37. The fraction of sp³-hybridized carbons (Fsp3) is 0.379. The Morgan fingerprint density at radius 3 is 2.41 bits per heavy atom. The number of aromatic nitrogens is 2. The van der Waals surface area contributed by atoms with E-state index in [9.17, 15) is 25.0 Å². The molecule has 0 N–H and O–H groups in total. The average molecular weight is 563 g/mol. The third-order valence-electron chi connectivity index (χ3n) is 7.37. The number of nitro benzene ring substituents is 1. The Labute approximate surface area is 238 Å². The Balaban J connectivity index is 1.29. The predicted octanol–water partition coefficient (Wildman–Crippen LogP) is 5.16. The molecule has 1 fully saturated rings. The zero-order chi connectivity index (χ0) is 29.2. The Kier molecular flexibility index (Phi) is 10.2. The topological polar surface area (TPSA) is 137 Å². The highest BCUT2D eigenvalue weighted by Crippen LogP contribution is 2.25. The van der Waals surface area contributed by atoms with Crippen molar-refractivity contribution in [1.29, 1.82) is 0 Å². The number of ether oxygens (including phenoxy) is 1. The SMILES string of the molecule is C=CCN(C(=O)OCc1ccc([N+](=O)[O-])cc1)C1CCN(CCC(Cn2cnc([N+](=O)[O-])c2)c2ccccc2)CC1. The minimum atomic E-state index is -0.487. The van der Waals surface area contributed by atoms with Gasteiger partial charge < -0.3 is 29.2 Å². The van der Waals surface area contributed by atoms with Crippen molar-refractivity contribution in [3.8, 4) is 0 Å². The van der Waals surface area contributed by atoms with Gasteiger partial charge in [-0.05, 0) is 59.0 Å². The minimum absolute atomic E-state index is 0.0130. The Hall–Kier alpha value is -4.58. The quantitative estimate of drug-likeness (QED) is 0.158. The van der Waals surface area contributed by atoms with Crippen LogP contribution in [0.5, 0.6) is 0 Å². The molecule has 1 unspecified atom stereocenters. The van der Waals surface area contributed by atoms with Crippen molar-refractivity contribution in [1.82, 2.24) is 19.4 Å². The second-order valence-corrected chi connectivity index (χ2v) is 10.1. The highest BCUT2D eigenvalue weighted by atomic mass is 16.6. The number of likely N-dealkylation sites (tertiary alicyclic amines) is 1. The molecule has 0 saturated carbocycles. The molecule has 1 amide bonds. The summed E-state index contributed by atoms with van der Waals surface area (Å²) in [6, 6.07) is 16.1. The molecule has 2 heterocycles. The number of benzene rings is 2. The van der Waals surface area contributed by atoms with Crippen molar-refractivity contribution in [2.75, 3.05) is 26.2 Å². The van der Waals surface area contributed by atoms with Gasteiger partial charge >= 0.3 is 11.9 Å². The number of hydrogen-bond acceptors (Lipinski definition) is 8. The Bertz CT molecular complexity index is 1320. The number of carbonyl (C=O) groups is 1. The summed E-state index contributed by atoms with van der Waals surface area (Å²) in [6.45, 7) is 7.30. The summed E-state index contributed by atoms with van der Waals surface area (Å²) < 4.78 is 7.31. The molecule has 216 valence electrons. The van der Waals surface area contributed by atoms with E-state index >= 15 is 0 Å². The van der Waals surface area contributed by atoms with Gasteiger partial charge in [-0.15, -0.1) is 6.58 Å². The molecule has 12 nitrogen and oxygen atoms in total. The summed E-state index contributed by atoms with van der Waals surface area (Å²) in [5, 5.41) is 21.9. The van der Waals surface area contributed by atoms with Crippen molar-refractivity contribution < 1.29 is 19.4 Å². The first-order chi connectivity index (χ1) is 19.8. The monoisotopic (exact) mass is 562 g/mol.